The number of benzene rings is 1. The van der Waals surface area contributed by atoms with Gasteiger partial charge in [-0.25, -0.2) is 18.2 Å². The third kappa shape index (κ3) is 3.06. The average Bonchev–Trinajstić information content (AvgIpc) is 2.52. The van der Waals surface area contributed by atoms with Gasteiger partial charge in [0.15, 0.2) is 26.3 Å². The summed E-state index contributed by atoms with van der Waals surface area (Å²) in [6.07, 6.45) is 0.954. The van der Waals surface area contributed by atoms with Gasteiger partial charge in [-0.05, 0) is 0 Å². The largest absolute Gasteiger partial charge is 0.480 e. The van der Waals surface area contributed by atoms with Crippen LogP contribution < -0.4 is 4.74 Å². The molecule has 0 atom stereocenters. The van der Waals surface area contributed by atoms with E-state index in [0.29, 0.717) is 5.56 Å². The Balaban J connectivity index is 2.80. The van der Waals surface area contributed by atoms with Crippen molar-refractivity contribution in [2.24, 2.45) is 0 Å². The maximum Gasteiger partial charge on any atom is 0.346 e. The molecule has 0 aliphatic rings. The summed E-state index contributed by atoms with van der Waals surface area (Å²) in [5.74, 6) is -0.886. The Hall–Kier alpha value is -2.48. The second kappa shape index (κ2) is 6.10. The van der Waals surface area contributed by atoms with E-state index in [1.807, 2.05) is 0 Å². The van der Waals surface area contributed by atoms with Gasteiger partial charge in [-0.1, -0.05) is 30.3 Å². The molecule has 1 aromatic carbocycles. The highest BCUT2D eigenvalue weighted by Gasteiger charge is 2.28. The number of hydrogen-bond acceptors (Lipinski definition) is 7. The standard InChI is InChI=1S/C14H14N2O5S/c1-20-12-10(14(17)21-2)13(22(3,18)19)16-11(15-12)9-7-5-4-6-8-9/h4-8H,1-3H3. The Morgan fingerprint density at radius 2 is 1.73 bits per heavy atom. The van der Waals surface area contributed by atoms with Crippen molar-refractivity contribution in [3.63, 3.8) is 0 Å². The SMILES string of the molecule is COC(=O)c1c(OC)nc(-c2ccccc2)nc1S(C)(=O)=O. The van der Waals surface area contributed by atoms with Gasteiger partial charge in [-0.15, -0.1) is 0 Å². The first-order valence-corrected chi connectivity index (χ1v) is 8.07. The van der Waals surface area contributed by atoms with E-state index in [1.165, 1.54) is 7.11 Å². The molecular weight excluding hydrogens is 308 g/mol. The van der Waals surface area contributed by atoms with Crippen molar-refractivity contribution in [3.05, 3.63) is 35.9 Å². The van der Waals surface area contributed by atoms with Crippen LogP contribution in [0.3, 0.4) is 0 Å². The first kappa shape index (κ1) is 15.9. The summed E-state index contributed by atoms with van der Waals surface area (Å²) in [6, 6.07) is 8.78. The number of sulfone groups is 1. The smallest absolute Gasteiger partial charge is 0.346 e. The van der Waals surface area contributed by atoms with Crippen LogP contribution in [-0.4, -0.2) is 44.8 Å². The summed E-state index contributed by atoms with van der Waals surface area (Å²) >= 11 is 0. The fraction of sp³-hybridized carbons (Fsp3) is 0.214. The molecule has 0 N–H and O–H groups in total. The molecule has 2 rings (SSSR count). The number of methoxy groups -OCH3 is 2. The zero-order valence-corrected chi connectivity index (χ0v) is 13.0. The summed E-state index contributed by atoms with van der Waals surface area (Å²) in [4.78, 5) is 20.0. The summed E-state index contributed by atoms with van der Waals surface area (Å²) in [5, 5.41) is -0.426. The quantitative estimate of drug-likeness (QED) is 0.619. The van der Waals surface area contributed by atoms with Gasteiger partial charge in [0.25, 0.3) is 0 Å². The lowest BCUT2D eigenvalue weighted by molar-refractivity contribution is 0.0590. The molecule has 0 aliphatic heterocycles. The Bertz CT molecular complexity index is 803. The lowest BCUT2D eigenvalue weighted by atomic mass is 10.2. The zero-order valence-electron chi connectivity index (χ0n) is 12.2. The van der Waals surface area contributed by atoms with Crippen molar-refractivity contribution >= 4 is 15.8 Å². The van der Waals surface area contributed by atoms with Crippen molar-refractivity contribution in [1.29, 1.82) is 0 Å². The van der Waals surface area contributed by atoms with E-state index in [9.17, 15) is 13.2 Å². The monoisotopic (exact) mass is 322 g/mol. The van der Waals surface area contributed by atoms with Gasteiger partial charge >= 0.3 is 5.97 Å². The van der Waals surface area contributed by atoms with E-state index in [2.05, 4.69) is 14.7 Å². The second-order valence-corrected chi connectivity index (χ2v) is 6.30. The molecule has 0 bridgehead atoms. The molecule has 0 aliphatic carbocycles. The number of esters is 1. The van der Waals surface area contributed by atoms with E-state index in [0.717, 1.165) is 13.4 Å². The number of rotatable bonds is 4. The lowest BCUT2D eigenvalue weighted by Crippen LogP contribution is -2.15. The summed E-state index contributed by atoms with van der Waals surface area (Å²) in [7, 11) is -1.36. The summed E-state index contributed by atoms with van der Waals surface area (Å²) in [5.41, 5.74) is 0.286. The van der Waals surface area contributed by atoms with Crippen LogP contribution in [0.2, 0.25) is 0 Å². The number of nitrogens with zero attached hydrogens (tertiary/aromatic N) is 2. The van der Waals surface area contributed by atoms with Crippen LogP contribution in [0.25, 0.3) is 11.4 Å². The molecule has 22 heavy (non-hydrogen) atoms. The Morgan fingerprint density at radius 1 is 1.09 bits per heavy atom. The first-order valence-electron chi connectivity index (χ1n) is 6.18. The fourth-order valence-electron chi connectivity index (χ4n) is 1.83. The number of carbonyl (C=O) groups is 1. The number of carbonyl (C=O) groups excluding carboxylic acids is 1. The van der Waals surface area contributed by atoms with Gasteiger partial charge in [0, 0.05) is 11.8 Å². The topological polar surface area (TPSA) is 95.4 Å². The predicted octanol–water partition coefficient (Wildman–Crippen LogP) is 1.34. The van der Waals surface area contributed by atoms with Crippen LogP contribution in [0.1, 0.15) is 10.4 Å². The highest BCUT2D eigenvalue weighted by molar-refractivity contribution is 7.90. The Morgan fingerprint density at radius 3 is 2.23 bits per heavy atom. The molecule has 0 fully saturated rings. The summed E-state index contributed by atoms with van der Waals surface area (Å²) < 4.78 is 33.6. The molecule has 0 amide bonds. The highest BCUT2D eigenvalue weighted by Crippen LogP contribution is 2.27. The van der Waals surface area contributed by atoms with E-state index in [4.69, 9.17) is 4.74 Å². The lowest BCUT2D eigenvalue weighted by Gasteiger charge is -2.11. The van der Waals surface area contributed by atoms with Crippen molar-refractivity contribution in [3.8, 4) is 17.3 Å². The van der Waals surface area contributed by atoms with Crippen LogP contribution in [-0.2, 0) is 14.6 Å². The molecular formula is C14H14N2O5S. The third-order valence-electron chi connectivity index (χ3n) is 2.81. The second-order valence-electron chi connectivity index (χ2n) is 4.37. The highest BCUT2D eigenvalue weighted by atomic mass is 32.2. The van der Waals surface area contributed by atoms with Crippen LogP contribution >= 0.6 is 0 Å². The van der Waals surface area contributed by atoms with E-state index < -0.39 is 20.8 Å². The van der Waals surface area contributed by atoms with Crippen molar-refractivity contribution < 1.29 is 22.7 Å². The maximum atomic E-state index is 12.0. The van der Waals surface area contributed by atoms with E-state index >= 15 is 0 Å². The molecule has 116 valence electrons. The normalized spacial score (nSPS) is 11.0. The molecule has 7 nitrogen and oxygen atoms in total. The van der Waals surface area contributed by atoms with Gasteiger partial charge in [0.2, 0.25) is 5.88 Å². The average molecular weight is 322 g/mol. The molecule has 8 heteroatoms. The number of ether oxygens (including phenoxy) is 2. The van der Waals surface area contributed by atoms with Gasteiger partial charge in [0.05, 0.1) is 14.2 Å². The maximum absolute atomic E-state index is 12.0. The van der Waals surface area contributed by atoms with Crippen molar-refractivity contribution in [2.75, 3.05) is 20.5 Å². The summed E-state index contributed by atoms with van der Waals surface area (Å²) in [6.45, 7) is 0. The Kier molecular flexibility index (Phi) is 4.41. The van der Waals surface area contributed by atoms with Gasteiger partial charge < -0.3 is 9.47 Å². The molecule has 0 spiro atoms. The third-order valence-corrected chi connectivity index (χ3v) is 3.81. The van der Waals surface area contributed by atoms with Crippen LogP contribution in [0.15, 0.2) is 35.4 Å². The van der Waals surface area contributed by atoms with Crippen molar-refractivity contribution in [2.45, 2.75) is 5.03 Å². The number of hydrogen-bond donors (Lipinski definition) is 0. The molecule has 0 saturated carbocycles. The predicted molar refractivity (Wildman–Crippen MR) is 78.5 cm³/mol. The first-order chi connectivity index (χ1) is 10.4. The van der Waals surface area contributed by atoms with Gasteiger partial charge in [-0.2, -0.15) is 4.98 Å². The Labute approximate surface area is 127 Å². The van der Waals surface area contributed by atoms with Crippen LogP contribution in [0.4, 0.5) is 0 Å². The zero-order chi connectivity index (χ0) is 16.3. The minimum Gasteiger partial charge on any atom is -0.480 e. The molecule has 0 saturated heterocycles. The fourth-order valence-corrected chi connectivity index (χ4v) is 2.62. The minimum atomic E-state index is -3.78. The minimum absolute atomic E-state index is 0.144. The molecule has 0 unspecified atom stereocenters. The van der Waals surface area contributed by atoms with Crippen LogP contribution in [0.5, 0.6) is 5.88 Å². The molecule has 1 aromatic heterocycles. The molecule has 0 radical (unpaired) electrons. The molecule has 1 heterocycles. The molecule has 2 aromatic rings. The van der Waals surface area contributed by atoms with Gasteiger partial charge in [-0.3, -0.25) is 0 Å². The van der Waals surface area contributed by atoms with Crippen LogP contribution in [0, 0.1) is 0 Å². The van der Waals surface area contributed by atoms with Gasteiger partial charge in [0.1, 0.15) is 0 Å². The van der Waals surface area contributed by atoms with E-state index in [-0.39, 0.29) is 17.3 Å². The van der Waals surface area contributed by atoms with E-state index in [1.54, 1.807) is 30.3 Å². The van der Waals surface area contributed by atoms with Crippen molar-refractivity contribution in [1.82, 2.24) is 9.97 Å². The number of aromatic nitrogens is 2.